The number of β-amino-alcohol motifs (C(OH)–C–C–N with tert-alkyl or cyclic N) is 1. The molecule has 2 unspecified atom stereocenters. The Morgan fingerprint density at radius 2 is 2.56 bits per heavy atom. The molecule has 1 aliphatic rings. The number of carbonyl (C=O) groups is 1. The maximum absolute atomic E-state index is 11.8. The summed E-state index contributed by atoms with van der Waals surface area (Å²) >= 11 is 0. The Hall–Kier alpha value is -1.40. The molecule has 0 aliphatic carbocycles. The minimum absolute atomic E-state index is 0.0332. The first-order valence-electron chi connectivity index (χ1n) is 6.33. The quantitative estimate of drug-likeness (QED) is 0.670. The molecule has 1 aromatic rings. The number of aryl methyl sites for hydroxylation is 2. The van der Waals surface area contributed by atoms with Crippen LogP contribution in [0.25, 0.3) is 0 Å². The zero-order valence-electron chi connectivity index (χ0n) is 10.6. The van der Waals surface area contributed by atoms with Gasteiger partial charge in [0, 0.05) is 25.7 Å². The monoisotopic (exact) mass is 252 g/mol. The van der Waals surface area contributed by atoms with Crippen LogP contribution in [0.2, 0.25) is 0 Å². The van der Waals surface area contributed by atoms with Crippen LogP contribution in [0.15, 0.2) is 12.3 Å². The Morgan fingerprint density at radius 3 is 3.22 bits per heavy atom. The number of aliphatic hydroxyl groups is 1. The van der Waals surface area contributed by atoms with Crippen LogP contribution in [-0.2, 0) is 11.3 Å². The van der Waals surface area contributed by atoms with Crippen molar-refractivity contribution in [1.82, 2.24) is 20.4 Å². The zero-order chi connectivity index (χ0) is 13.0. The molecule has 3 N–H and O–H groups in total. The van der Waals surface area contributed by atoms with Gasteiger partial charge in [0.15, 0.2) is 0 Å². The molecule has 0 bridgehead atoms. The van der Waals surface area contributed by atoms with Crippen molar-refractivity contribution >= 4 is 5.91 Å². The molecular formula is C12H20N4O2. The molecule has 1 aliphatic heterocycles. The van der Waals surface area contributed by atoms with Gasteiger partial charge in [-0.15, -0.1) is 0 Å². The average Bonchev–Trinajstić information content (AvgIpc) is 2.76. The summed E-state index contributed by atoms with van der Waals surface area (Å²) in [5.41, 5.74) is 0.948. The van der Waals surface area contributed by atoms with Crippen LogP contribution in [0, 0.1) is 6.92 Å². The third-order valence-corrected chi connectivity index (χ3v) is 3.14. The Labute approximate surface area is 106 Å². The number of nitrogens with one attached hydrogen (secondary N) is 2. The fourth-order valence-corrected chi connectivity index (χ4v) is 2.09. The van der Waals surface area contributed by atoms with Crippen LogP contribution in [-0.4, -0.2) is 46.0 Å². The highest BCUT2D eigenvalue weighted by atomic mass is 16.3. The fraction of sp³-hybridized carbons (Fsp3) is 0.667. The van der Waals surface area contributed by atoms with E-state index in [9.17, 15) is 9.90 Å². The summed E-state index contributed by atoms with van der Waals surface area (Å²) in [7, 11) is 0. The van der Waals surface area contributed by atoms with Crippen LogP contribution in [0.5, 0.6) is 0 Å². The first-order valence-corrected chi connectivity index (χ1v) is 6.33. The summed E-state index contributed by atoms with van der Waals surface area (Å²) in [5.74, 6) is -0.0332. The minimum atomic E-state index is -0.491. The van der Waals surface area contributed by atoms with Crippen molar-refractivity contribution in [2.75, 3.05) is 13.1 Å². The topological polar surface area (TPSA) is 79.2 Å². The van der Waals surface area contributed by atoms with Crippen molar-refractivity contribution in [1.29, 1.82) is 0 Å². The van der Waals surface area contributed by atoms with Gasteiger partial charge < -0.3 is 15.7 Å². The van der Waals surface area contributed by atoms with Crippen LogP contribution >= 0.6 is 0 Å². The van der Waals surface area contributed by atoms with Crippen molar-refractivity contribution in [2.45, 2.75) is 38.5 Å². The molecule has 1 amide bonds. The number of carbonyl (C=O) groups excluding carboxylic acids is 1. The van der Waals surface area contributed by atoms with Gasteiger partial charge in [-0.2, -0.15) is 5.10 Å². The van der Waals surface area contributed by atoms with Crippen LogP contribution in [0.1, 0.15) is 18.5 Å². The number of aromatic nitrogens is 2. The maximum atomic E-state index is 11.8. The van der Waals surface area contributed by atoms with E-state index in [1.54, 1.807) is 4.68 Å². The van der Waals surface area contributed by atoms with Gasteiger partial charge in [-0.05, 0) is 26.0 Å². The lowest BCUT2D eigenvalue weighted by Gasteiger charge is -2.29. The van der Waals surface area contributed by atoms with E-state index in [2.05, 4.69) is 15.7 Å². The molecule has 0 saturated carbocycles. The first-order chi connectivity index (χ1) is 8.65. The average molecular weight is 252 g/mol. The van der Waals surface area contributed by atoms with Gasteiger partial charge in [-0.3, -0.25) is 9.48 Å². The third-order valence-electron chi connectivity index (χ3n) is 3.14. The van der Waals surface area contributed by atoms with E-state index in [1.165, 1.54) is 0 Å². The second-order valence-corrected chi connectivity index (χ2v) is 4.70. The van der Waals surface area contributed by atoms with E-state index in [0.29, 0.717) is 19.5 Å². The molecular weight excluding hydrogens is 232 g/mol. The maximum Gasteiger partial charge on any atom is 0.222 e. The highest BCUT2D eigenvalue weighted by molar-refractivity contribution is 5.76. The Balaban J connectivity index is 1.74. The van der Waals surface area contributed by atoms with E-state index >= 15 is 0 Å². The number of aliphatic hydroxyl groups excluding tert-OH is 1. The van der Waals surface area contributed by atoms with Gasteiger partial charge >= 0.3 is 0 Å². The predicted octanol–water partition coefficient (Wildman–Crippen LogP) is -0.579. The molecule has 1 fully saturated rings. The predicted molar refractivity (Wildman–Crippen MR) is 67.0 cm³/mol. The van der Waals surface area contributed by atoms with Gasteiger partial charge in [-0.1, -0.05) is 0 Å². The van der Waals surface area contributed by atoms with Crippen LogP contribution < -0.4 is 10.6 Å². The molecule has 100 valence electrons. The Kier molecular flexibility index (Phi) is 4.33. The minimum Gasteiger partial charge on any atom is -0.390 e. The van der Waals surface area contributed by atoms with Gasteiger partial charge in [-0.25, -0.2) is 0 Å². The van der Waals surface area contributed by atoms with Crippen molar-refractivity contribution in [2.24, 2.45) is 0 Å². The van der Waals surface area contributed by atoms with E-state index in [1.807, 2.05) is 19.2 Å². The SMILES string of the molecule is Cc1ccn(CCC(=O)NC2CCNCC2O)n1. The lowest BCUT2D eigenvalue weighted by Crippen LogP contribution is -2.52. The van der Waals surface area contributed by atoms with Crippen molar-refractivity contribution in [3.05, 3.63) is 18.0 Å². The Bertz CT molecular complexity index is 405. The highest BCUT2D eigenvalue weighted by Crippen LogP contribution is 2.04. The number of hydrogen-bond donors (Lipinski definition) is 3. The molecule has 2 rings (SSSR count). The second-order valence-electron chi connectivity index (χ2n) is 4.70. The van der Waals surface area contributed by atoms with Crippen molar-refractivity contribution in [3.8, 4) is 0 Å². The highest BCUT2D eigenvalue weighted by Gasteiger charge is 2.23. The zero-order valence-corrected chi connectivity index (χ0v) is 10.6. The van der Waals surface area contributed by atoms with Gasteiger partial charge in [0.05, 0.1) is 17.8 Å². The lowest BCUT2D eigenvalue weighted by atomic mass is 10.0. The summed E-state index contributed by atoms with van der Waals surface area (Å²) in [5, 5.41) is 19.9. The summed E-state index contributed by atoms with van der Waals surface area (Å²) < 4.78 is 1.76. The van der Waals surface area contributed by atoms with Gasteiger partial charge in [0.2, 0.25) is 5.91 Å². The molecule has 2 heterocycles. The molecule has 0 radical (unpaired) electrons. The summed E-state index contributed by atoms with van der Waals surface area (Å²) in [4.78, 5) is 11.8. The summed E-state index contributed by atoms with van der Waals surface area (Å²) in [6.45, 7) is 3.87. The van der Waals surface area contributed by atoms with Crippen LogP contribution in [0.3, 0.4) is 0 Å². The second kappa shape index (κ2) is 5.97. The number of piperidine rings is 1. The molecule has 6 heteroatoms. The first kappa shape index (κ1) is 13.0. The third kappa shape index (κ3) is 3.54. The number of amides is 1. The molecule has 1 aromatic heterocycles. The number of rotatable bonds is 4. The van der Waals surface area contributed by atoms with E-state index < -0.39 is 6.10 Å². The Morgan fingerprint density at radius 1 is 1.72 bits per heavy atom. The summed E-state index contributed by atoms with van der Waals surface area (Å²) in [6, 6.07) is 1.78. The lowest BCUT2D eigenvalue weighted by molar-refractivity contribution is -0.123. The van der Waals surface area contributed by atoms with E-state index in [-0.39, 0.29) is 11.9 Å². The van der Waals surface area contributed by atoms with Crippen molar-refractivity contribution in [3.63, 3.8) is 0 Å². The number of hydrogen-bond acceptors (Lipinski definition) is 4. The van der Waals surface area contributed by atoms with E-state index in [0.717, 1.165) is 18.7 Å². The van der Waals surface area contributed by atoms with Crippen LogP contribution in [0.4, 0.5) is 0 Å². The largest absolute Gasteiger partial charge is 0.390 e. The standard InChI is InChI=1S/C12H20N4O2/c1-9-3-6-16(15-9)7-4-12(18)14-10-2-5-13-8-11(10)17/h3,6,10-11,13,17H,2,4-5,7-8H2,1H3,(H,14,18). The number of nitrogens with zero attached hydrogens (tertiary/aromatic N) is 2. The molecule has 6 nitrogen and oxygen atoms in total. The molecule has 18 heavy (non-hydrogen) atoms. The fourth-order valence-electron chi connectivity index (χ4n) is 2.09. The smallest absolute Gasteiger partial charge is 0.222 e. The normalized spacial score (nSPS) is 23.9. The van der Waals surface area contributed by atoms with Gasteiger partial charge in [0.1, 0.15) is 0 Å². The molecule has 0 spiro atoms. The van der Waals surface area contributed by atoms with Crippen molar-refractivity contribution < 1.29 is 9.90 Å². The molecule has 2 atom stereocenters. The molecule has 1 saturated heterocycles. The van der Waals surface area contributed by atoms with Gasteiger partial charge in [0.25, 0.3) is 0 Å². The molecule has 0 aromatic carbocycles. The summed E-state index contributed by atoms with van der Waals surface area (Å²) in [6.07, 6.45) is 2.53. The van der Waals surface area contributed by atoms with E-state index in [4.69, 9.17) is 0 Å².